The van der Waals surface area contributed by atoms with E-state index in [2.05, 4.69) is 24.4 Å². The Balaban J connectivity index is 2.20. The number of rotatable bonds is 3. The number of carbonyl (C=O) groups is 1. The van der Waals surface area contributed by atoms with Gasteiger partial charge in [0, 0.05) is 5.69 Å². The Bertz CT molecular complexity index is 431. The van der Waals surface area contributed by atoms with Crippen molar-refractivity contribution in [1.82, 2.24) is 0 Å². The summed E-state index contributed by atoms with van der Waals surface area (Å²) in [5, 5.41) is 3.47. The third-order valence-electron chi connectivity index (χ3n) is 4.22. The van der Waals surface area contributed by atoms with Crippen molar-refractivity contribution in [3.8, 4) is 0 Å². The lowest BCUT2D eigenvalue weighted by Gasteiger charge is -2.34. The summed E-state index contributed by atoms with van der Waals surface area (Å²) in [6.45, 7) is 2.07. The van der Waals surface area contributed by atoms with Crippen molar-refractivity contribution in [3.05, 3.63) is 29.8 Å². The summed E-state index contributed by atoms with van der Waals surface area (Å²) in [5.74, 6) is -0.125. The van der Waals surface area contributed by atoms with Crippen LogP contribution in [-0.4, -0.2) is 18.6 Å². The average Bonchev–Trinajstić information content (AvgIpc) is 2.43. The normalized spacial score (nSPS) is 18.7. The smallest absolute Gasteiger partial charge is 0.331 e. The van der Waals surface area contributed by atoms with Gasteiger partial charge < -0.3 is 10.1 Å². The van der Waals surface area contributed by atoms with Gasteiger partial charge in [0.1, 0.15) is 5.54 Å². The van der Waals surface area contributed by atoms with Gasteiger partial charge >= 0.3 is 5.97 Å². The molecule has 0 radical (unpaired) electrons. The summed E-state index contributed by atoms with van der Waals surface area (Å²) >= 11 is 0. The molecule has 1 N–H and O–H groups in total. The average molecular weight is 275 g/mol. The first-order chi connectivity index (χ1) is 9.66. The molecular formula is C17H25NO2. The van der Waals surface area contributed by atoms with E-state index >= 15 is 0 Å². The molecule has 1 fully saturated rings. The van der Waals surface area contributed by atoms with Crippen LogP contribution in [0.2, 0.25) is 0 Å². The molecule has 110 valence electrons. The SMILES string of the molecule is COC(=O)C1(Nc2ccc(C)cc2)CCCCCCC1. The van der Waals surface area contributed by atoms with Crippen molar-refractivity contribution < 1.29 is 9.53 Å². The predicted molar refractivity (Wildman–Crippen MR) is 81.9 cm³/mol. The van der Waals surface area contributed by atoms with Gasteiger partial charge in [-0.3, -0.25) is 0 Å². The molecule has 0 spiro atoms. The zero-order valence-corrected chi connectivity index (χ0v) is 12.6. The highest BCUT2D eigenvalue weighted by Gasteiger charge is 2.39. The molecule has 1 aromatic carbocycles. The Kier molecular flexibility index (Phi) is 5.05. The van der Waals surface area contributed by atoms with E-state index in [0.717, 1.165) is 31.4 Å². The van der Waals surface area contributed by atoms with E-state index in [-0.39, 0.29) is 5.97 Å². The second kappa shape index (κ2) is 6.78. The molecule has 0 aromatic heterocycles. The van der Waals surface area contributed by atoms with Crippen LogP contribution >= 0.6 is 0 Å². The molecule has 1 aromatic rings. The topological polar surface area (TPSA) is 38.3 Å². The van der Waals surface area contributed by atoms with Gasteiger partial charge in [-0.1, -0.05) is 49.8 Å². The van der Waals surface area contributed by atoms with Crippen LogP contribution < -0.4 is 5.32 Å². The number of nitrogens with one attached hydrogen (secondary N) is 1. The molecule has 0 unspecified atom stereocenters. The van der Waals surface area contributed by atoms with E-state index in [0.29, 0.717) is 0 Å². The monoisotopic (exact) mass is 275 g/mol. The van der Waals surface area contributed by atoms with E-state index in [4.69, 9.17) is 4.74 Å². The van der Waals surface area contributed by atoms with E-state index in [1.165, 1.54) is 31.9 Å². The van der Waals surface area contributed by atoms with Crippen LogP contribution in [0.1, 0.15) is 50.5 Å². The fraction of sp³-hybridized carbons (Fsp3) is 0.588. The number of carbonyl (C=O) groups excluding carboxylic acids is 1. The van der Waals surface area contributed by atoms with Crippen LogP contribution in [0.15, 0.2) is 24.3 Å². The molecule has 20 heavy (non-hydrogen) atoms. The fourth-order valence-electron chi connectivity index (χ4n) is 3.00. The summed E-state index contributed by atoms with van der Waals surface area (Å²) in [4.78, 5) is 12.3. The Morgan fingerprint density at radius 3 is 2.15 bits per heavy atom. The minimum Gasteiger partial charge on any atom is -0.467 e. The molecule has 1 aliphatic rings. The molecule has 1 saturated carbocycles. The lowest BCUT2D eigenvalue weighted by molar-refractivity contribution is -0.146. The van der Waals surface area contributed by atoms with Gasteiger partial charge in [-0.25, -0.2) is 4.79 Å². The second-order valence-corrected chi connectivity index (χ2v) is 5.83. The summed E-state index contributed by atoms with van der Waals surface area (Å²) in [5.41, 5.74) is 1.67. The van der Waals surface area contributed by atoms with Crippen molar-refractivity contribution >= 4 is 11.7 Å². The summed E-state index contributed by atoms with van der Waals surface area (Å²) in [7, 11) is 1.49. The van der Waals surface area contributed by atoms with Gasteiger partial charge in [0.15, 0.2) is 0 Å². The standard InChI is InChI=1S/C17H25NO2/c1-14-8-10-15(11-9-14)18-17(16(19)20-2)12-6-4-3-5-7-13-17/h8-11,18H,3-7,12-13H2,1-2H3. The quantitative estimate of drug-likeness (QED) is 0.845. The minimum atomic E-state index is -0.551. The van der Waals surface area contributed by atoms with Crippen LogP contribution in [0.5, 0.6) is 0 Å². The van der Waals surface area contributed by atoms with Gasteiger partial charge in [-0.15, -0.1) is 0 Å². The number of benzene rings is 1. The predicted octanol–water partition coefficient (Wildman–Crippen LogP) is 4.06. The largest absolute Gasteiger partial charge is 0.467 e. The third kappa shape index (κ3) is 3.53. The van der Waals surface area contributed by atoms with Gasteiger partial charge in [0.25, 0.3) is 0 Å². The number of methoxy groups -OCH3 is 1. The molecule has 0 atom stereocenters. The number of anilines is 1. The van der Waals surface area contributed by atoms with E-state index in [9.17, 15) is 4.79 Å². The van der Waals surface area contributed by atoms with Crippen molar-refractivity contribution in [2.24, 2.45) is 0 Å². The molecular weight excluding hydrogens is 250 g/mol. The Hall–Kier alpha value is -1.51. The van der Waals surface area contributed by atoms with Crippen LogP contribution in [0, 0.1) is 6.92 Å². The zero-order chi connectivity index (χ0) is 14.4. The zero-order valence-electron chi connectivity index (χ0n) is 12.6. The van der Waals surface area contributed by atoms with Crippen LogP contribution in [0.3, 0.4) is 0 Å². The van der Waals surface area contributed by atoms with Crippen LogP contribution in [0.4, 0.5) is 5.69 Å². The van der Waals surface area contributed by atoms with Crippen molar-refractivity contribution in [2.45, 2.75) is 57.4 Å². The molecule has 0 aliphatic heterocycles. The Labute approximate surface area is 121 Å². The number of ether oxygens (including phenoxy) is 1. The second-order valence-electron chi connectivity index (χ2n) is 5.83. The van der Waals surface area contributed by atoms with Gasteiger partial charge in [0.05, 0.1) is 7.11 Å². The summed E-state index contributed by atoms with van der Waals surface area (Å²) < 4.78 is 5.08. The lowest BCUT2D eigenvalue weighted by Crippen LogP contribution is -2.47. The summed E-state index contributed by atoms with van der Waals surface area (Å²) in [6, 6.07) is 8.21. The minimum absolute atomic E-state index is 0.125. The van der Waals surface area contributed by atoms with Crippen molar-refractivity contribution in [3.63, 3.8) is 0 Å². The summed E-state index contributed by atoms with van der Waals surface area (Å²) in [6.07, 6.45) is 7.55. The molecule has 1 aliphatic carbocycles. The number of aryl methyl sites for hydroxylation is 1. The first kappa shape index (κ1) is 14.9. The van der Waals surface area contributed by atoms with Gasteiger partial charge in [-0.2, -0.15) is 0 Å². The molecule has 3 nitrogen and oxygen atoms in total. The molecule has 0 heterocycles. The highest BCUT2D eigenvalue weighted by Crippen LogP contribution is 2.31. The fourth-order valence-corrected chi connectivity index (χ4v) is 3.00. The van der Waals surface area contributed by atoms with Crippen LogP contribution in [0.25, 0.3) is 0 Å². The van der Waals surface area contributed by atoms with E-state index in [1.807, 2.05) is 12.1 Å². The molecule has 0 amide bonds. The molecule has 3 heteroatoms. The first-order valence-electron chi connectivity index (χ1n) is 7.59. The van der Waals surface area contributed by atoms with Gasteiger partial charge in [-0.05, 0) is 31.9 Å². The maximum atomic E-state index is 12.3. The lowest BCUT2D eigenvalue weighted by atomic mass is 9.83. The third-order valence-corrected chi connectivity index (χ3v) is 4.22. The van der Waals surface area contributed by atoms with Crippen molar-refractivity contribution in [2.75, 3.05) is 12.4 Å². The Morgan fingerprint density at radius 1 is 1.05 bits per heavy atom. The Morgan fingerprint density at radius 2 is 1.60 bits per heavy atom. The highest BCUT2D eigenvalue weighted by molar-refractivity contribution is 5.84. The first-order valence-corrected chi connectivity index (χ1v) is 7.59. The number of hydrogen-bond acceptors (Lipinski definition) is 3. The molecule has 0 saturated heterocycles. The van der Waals surface area contributed by atoms with E-state index < -0.39 is 5.54 Å². The van der Waals surface area contributed by atoms with Gasteiger partial charge in [0.2, 0.25) is 0 Å². The molecule has 2 rings (SSSR count). The highest BCUT2D eigenvalue weighted by atomic mass is 16.5. The maximum Gasteiger partial charge on any atom is 0.331 e. The van der Waals surface area contributed by atoms with Crippen molar-refractivity contribution in [1.29, 1.82) is 0 Å². The van der Waals surface area contributed by atoms with E-state index in [1.54, 1.807) is 0 Å². The number of esters is 1. The molecule has 0 bridgehead atoms. The van der Waals surface area contributed by atoms with Crippen LogP contribution in [-0.2, 0) is 9.53 Å². The maximum absolute atomic E-state index is 12.3. The number of hydrogen-bond donors (Lipinski definition) is 1.